The lowest BCUT2D eigenvalue weighted by Gasteiger charge is -2.26. The molecular weight excluding hydrogens is 404 g/mol. The number of benzene rings is 1. The van der Waals surface area contributed by atoms with Gasteiger partial charge >= 0.3 is 0 Å². The van der Waals surface area contributed by atoms with E-state index in [2.05, 4.69) is 15.1 Å². The molecule has 29 heavy (non-hydrogen) atoms. The Bertz CT molecular complexity index is 1130. The molecule has 150 valence electrons. The molecule has 1 fully saturated rings. The summed E-state index contributed by atoms with van der Waals surface area (Å²) in [7, 11) is 0. The van der Waals surface area contributed by atoms with E-state index >= 15 is 0 Å². The number of halogens is 1. The third-order valence-electron chi connectivity index (χ3n) is 5.96. The number of aromatic nitrogens is 2. The minimum atomic E-state index is 0.372. The third-order valence-corrected chi connectivity index (χ3v) is 6.61. The Labute approximate surface area is 179 Å². The highest BCUT2D eigenvalue weighted by atomic mass is 35.5. The molecule has 5 nitrogen and oxygen atoms in total. The van der Waals surface area contributed by atoms with Crippen molar-refractivity contribution in [2.24, 2.45) is 5.10 Å². The second kappa shape index (κ2) is 7.92. The highest BCUT2D eigenvalue weighted by Crippen LogP contribution is 2.36. The number of hydrazone groups is 1. The first-order valence-electron chi connectivity index (χ1n) is 10.3. The Morgan fingerprint density at radius 2 is 1.93 bits per heavy atom. The minimum Gasteiger partial charge on any atom is -0.442 e. The predicted molar refractivity (Wildman–Crippen MR) is 120 cm³/mol. The smallest absolute Gasteiger partial charge is 0.231 e. The van der Waals surface area contributed by atoms with E-state index in [9.17, 15) is 0 Å². The Morgan fingerprint density at radius 3 is 2.72 bits per heavy atom. The summed E-state index contributed by atoms with van der Waals surface area (Å²) >= 11 is 11.9. The second-order valence-electron chi connectivity index (χ2n) is 7.85. The summed E-state index contributed by atoms with van der Waals surface area (Å²) in [6.07, 6.45) is 10.9. The lowest BCUT2D eigenvalue weighted by molar-refractivity contribution is 0.346. The van der Waals surface area contributed by atoms with Crippen LogP contribution in [0, 0.1) is 4.64 Å². The van der Waals surface area contributed by atoms with Crippen LogP contribution < -0.4 is 5.43 Å². The third kappa shape index (κ3) is 3.60. The summed E-state index contributed by atoms with van der Waals surface area (Å²) in [5, 5.41) is 6.16. The van der Waals surface area contributed by atoms with Crippen molar-refractivity contribution >= 4 is 46.8 Å². The molecule has 0 aliphatic heterocycles. The van der Waals surface area contributed by atoms with E-state index in [0.717, 1.165) is 59.4 Å². The average Bonchev–Trinajstić information content (AvgIpc) is 3.31. The van der Waals surface area contributed by atoms with Crippen molar-refractivity contribution in [3.63, 3.8) is 0 Å². The maximum atomic E-state index is 6.06. The number of anilines is 1. The molecule has 1 saturated carbocycles. The highest BCUT2D eigenvalue weighted by Gasteiger charge is 2.26. The molecule has 2 aliphatic carbocycles. The van der Waals surface area contributed by atoms with Crippen molar-refractivity contribution in [1.29, 1.82) is 0 Å². The maximum absolute atomic E-state index is 6.06. The Kier molecular flexibility index (Phi) is 5.14. The largest absolute Gasteiger partial charge is 0.442 e. The number of furan rings is 1. The van der Waals surface area contributed by atoms with Gasteiger partial charge in [0.2, 0.25) is 5.71 Å². The van der Waals surface area contributed by atoms with Crippen LogP contribution in [0.1, 0.15) is 61.7 Å². The molecule has 7 heteroatoms. The van der Waals surface area contributed by atoms with E-state index in [1.807, 2.05) is 24.3 Å². The summed E-state index contributed by atoms with van der Waals surface area (Å²) < 4.78 is 9.13. The van der Waals surface area contributed by atoms with Gasteiger partial charge in [0.05, 0.1) is 17.3 Å². The molecule has 0 radical (unpaired) electrons. The van der Waals surface area contributed by atoms with E-state index in [1.165, 1.54) is 24.8 Å². The molecule has 1 N–H and O–H groups in total. The van der Waals surface area contributed by atoms with E-state index < -0.39 is 0 Å². The van der Waals surface area contributed by atoms with Gasteiger partial charge in [-0.3, -0.25) is 5.43 Å². The van der Waals surface area contributed by atoms with Crippen LogP contribution in [-0.2, 0) is 12.8 Å². The first kappa shape index (κ1) is 18.8. The first-order valence-corrected chi connectivity index (χ1v) is 11.1. The van der Waals surface area contributed by atoms with Crippen LogP contribution in [0.5, 0.6) is 0 Å². The Balaban J connectivity index is 1.56. The molecule has 0 atom stereocenters. The lowest BCUT2D eigenvalue weighted by atomic mass is 9.95. The fourth-order valence-corrected chi connectivity index (χ4v) is 5.12. The summed E-state index contributed by atoms with van der Waals surface area (Å²) in [5.41, 5.74) is 5.84. The molecular formula is C22H23ClN4OS. The van der Waals surface area contributed by atoms with Gasteiger partial charge in [-0.1, -0.05) is 43.1 Å². The molecule has 2 heterocycles. The van der Waals surface area contributed by atoms with Gasteiger partial charge in [0, 0.05) is 23.0 Å². The number of hydrogen-bond acceptors (Lipinski definition) is 5. The van der Waals surface area contributed by atoms with Crippen molar-refractivity contribution in [2.45, 2.75) is 57.4 Å². The number of nitrogens with zero attached hydrogens (tertiary/aromatic N) is 3. The number of aryl methyl sites for hydroxylation is 2. The van der Waals surface area contributed by atoms with Crippen molar-refractivity contribution in [2.75, 3.05) is 5.43 Å². The average molecular weight is 427 g/mol. The normalized spacial score (nSPS) is 17.3. The zero-order valence-corrected chi connectivity index (χ0v) is 17.7. The quantitative estimate of drug-likeness (QED) is 0.296. The van der Waals surface area contributed by atoms with Crippen LogP contribution in [0.4, 0.5) is 5.69 Å². The van der Waals surface area contributed by atoms with Crippen molar-refractivity contribution in [3.8, 4) is 0 Å². The van der Waals surface area contributed by atoms with E-state index in [1.54, 1.807) is 6.21 Å². The van der Waals surface area contributed by atoms with Gasteiger partial charge in [0.1, 0.15) is 10.4 Å². The van der Waals surface area contributed by atoms with Crippen molar-refractivity contribution < 1.29 is 4.42 Å². The molecule has 2 aliphatic rings. The summed E-state index contributed by atoms with van der Waals surface area (Å²) in [6.45, 7) is 0. The van der Waals surface area contributed by atoms with Crippen LogP contribution >= 0.6 is 23.8 Å². The zero-order chi connectivity index (χ0) is 19.8. The van der Waals surface area contributed by atoms with Crippen LogP contribution in [0.25, 0.3) is 11.1 Å². The minimum absolute atomic E-state index is 0.372. The molecule has 0 saturated heterocycles. The van der Waals surface area contributed by atoms with E-state index in [4.69, 9.17) is 33.2 Å². The predicted octanol–water partition coefficient (Wildman–Crippen LogP) is 6.45. The van der Waals surface area contributed by atoms with Crippen LogP contribution in [-0.4, -0.2) is 15.8 Å². The number of fused-ring (bicyclic) bond motifs is 3. The molecule has 2 aromatic heterocycles. The van der Waals surface area contributed by atoms with Crippen LogP contribution in [0.15, 0.2) is 33.8 Å². The van der Waals surface area contributed by atoms with Gasteiger partial charge in [-0.2, -0.15) is 10.1 Å². The first-order chi connectivity index (χ1) is 14.2. The van der Waals surface area contributed by atoms with Gasteiger partial charge in [-0.05, 0) is 49.9 Å². The second-order valence-corrected chi connectivity index (χ2v) is 8.67. The van der Waals surface area contributed by atoms with Gasteiger partial charge in [-0.15, -0.1) is 0 Å². The standard InChI is InChI=1S/C22H23ClN4OS/c23-14-9-11-15(12-10-14)26-24-13-19-25-21-20(17-7-4-8-18(17)28-21)22(29)27(19)16-5-2-1-3-6-16/h9-13,16,26H,1-8H2. The van der Waals surface area contributed by atoms with Crippen molar-refractivity contribution in [3.05, 3.63) is 51.1 Å². The zero-order valence-electron chi connectivity index (χ0n) is 16.2. The highest BCUT2D eigenvalue weighted by molar-refractivity contribution is 7.71. The topological polar surface area (TPSA) is 55.4 Å². The molecule has 0 unspecified atom stereocenters. The fourth-order valence-electron chi connectivity index (χ4n) is 4.54. The summed E-state index contributed by atoms with van der Waals surface area (Å²) in [5.74, 6) is 1.81. The number of rotatable bonds is 4. The number of hydrogen-bond donors (Lipinski definition) is 1. The van der Waals surface area contributed by atoms with Gasteiger partial charge in [0.15, 0.2) is 5.82 Å². The van der Waals surface area contributed by atoms with Gasteiger partial charge < -0.3 is 8.98 Å². The van der Waals surface area contributed by atoms with E-state index in [0.29, 0.717) is 16.8 Å². The Morgan fingerprint density at radius 1 is 1.14 bits per heavy atom. The molecule has 1 aromatic carbocycles. The Hall–Kier alpha value is -2.18. The summed E-state index contributed by atoms with van der Waals surface area (Å²) in [4.78, 5) is 4.84. The SMILES string of the molecule is S=c1c2c3c(oc2nc(C=NNc2ccc(Cl)cc2)n1C1CCCCC1)CCC3. The number of nitrogens with one attached hydrogen (secondary N) is 1. The fraction of sp³-hybridized carbons (Fsp3) is 0.409. The van der Waals surface area contributed by atoms with E-state index in [-0.39, 0.29) is 0 Å². The van der Waals surface area contributed by atoms with Crippen LogP contribution in [0.3, 0.4) is 0 Å². The van der Waals surface area contributed by atoms with Gasteiger partial charge in [-0.25, -0.2) is 0 Å². The summed E-state index contributed by atoms with van der Waals surface area (Å²) in [6, 6.07) is 7.81. The molecule has 3 aromatic rings. The lowest BCUT2D eigenvalue weighted by Crippen LogP contribution is -2.19. The maximum Gasteiger partial charge on any atom is 0.231 e. The molecule has 0 amide bonds. The van der Waals surface area contributed by atoms with Gasteiger partial charge in [0.25, 0.3) is 0 Å². The van der Waals surface area contributed by atoms with Crippen LogP contribution in [0.2, 0.25) is 5.02 Å². The van der Waals surface area contributed by atoms with Crippen molar-refractivity contribution in [1.82, 2.24) is 9.55 Å². The molecule has 0 spiro atoms. The molecule has 0 bridgehead atoms. The molecule has 5 rings (SSSR count). The monoisotopic (exact) mass is 426 g/mol.